The number of hydrogen-bond acceptors (Lipinski definition) is 14. The first-order valence-electron chi connectivity index (χ1n) is 20.4. The third-order valence-corrected chi connectivity index (χ3v) is 9.46. The SMILES string of the molecule is CC(C)[C@H](NC(=O)CNC(=O)[C@H](C)NC(=O)[C@H](CC(=O)O)NC(=O)CNC(=O)[C@H](CCCN=C(N)N)NC(=O)[C@H](CC(=O)O)NC(=O)[C@H](Cc1cnc[nH]1)NC(=O)[C@@H]1CCCN1)C(=O)O. The van der Waals surface area contributed by atoms with Crippen molar-refractivity contribution < 1.29 is 68.1 Å². The van der Waals surface area contributed by atoms with Crippen molar-refractivity contribution in [3.05, 3.63) is 18.2 Å². The van der Waals surface area contributed by atoms with E-state index in [2.05, 4.69) is 62.8 Å². The van der Waals surface area contributed by atoms with Crippen molar-refractivity contribution in [1.82, 2.24) is 57.8 Å². The zero-order valence-corrected chi connectivity index (χ0v) is 35.9. The molecule has 2 rings (SSSR count). The predicted molar refractivity (Wildman–Crippen MR) is 223 cm³/mol. The fourth-order valence-electron chi connectivity index (χ4n) is 6.06. The van der Waals surface area contributed by atoms with E-state index >= 15 is 0 Å². The van der Waals surface area contributed by atoms with Gasteiger partial charge < -0.3 is 79.6 Å². The summed E-state index contributed by atoms with van der Waals surface area (Å²) in [6, 6.07) is -9.65. The first-order chi connectivity index (χ1) is 30.6. The van der Waals surface area contributed by atoms with Crippen LogP contribution in [0, 0.1) is 5.92 Å². The van der Waals surface area contributed by atoms with Crippen LogP contribution in [0.15, 0.2) is 17.5 Å². The number of carboxylic acid groups (broad SMARTS) is 3. The van der Waals surface area contributed by atoms with E-state index in [0.29, 0.717) is 18.7 Å². The van der Waals surface area contributed by atoms with Gasteiger partial charge in [0.15, 0.2) is 5.96 Å². The highest BCUT2D eigenvalue weighted by molar-refractivity contribution is 5.98. The number of nitrogens with two attached hydrogens (primary N) is 2. The molecule has 7 atom stereocenters. The zero-order chi connectivity index (χ0) is 48.8. The smallest absolute Gasteiger partial charge is 0.326 e. The summed E-state index contributed by atoms with van der Waals surface area (Å²) in [5.74, 6) is -12.8. The first-order valence-corrected chi connectivity index (χ1v) is 20.4. The molecular formula is C37H58N14O14. The quantitative estimate of drug-likeness (QED) is 0.0211. The number of carboxylic acids is 3. The van der Waals surface area contributed by atoms with E-state index in [1.165, 1.54) is 19.4 Å². The molecule has 360 valence electrons. The van der Waals surface area contributed by atoms with E-state index in [4.69, 9.17) is 11.5 Å². The lowest BCUT2D eigenvalue weighted by atomic mass is 10.1. The van der Waals surface area contributed by atoms with Crippen LogP contribution in [0.5, 0.6) is 0 Å². The Bertz CT molecular complexity index is 1900. The summed E-state index contributed by atoms with van der Waals surface area (Å²) >= 11 is 0. The van der Waals surface area contributed by atoms with Gasteiger partial charge in [0, 0.05) is 24.9 Å². The molecular weight excluding hydrogens is 864 g/mol. The molecule has 0 spiro atoms. The molecule has 8 amide bonds. The Morgan fingerprint density at radius 1 is 0.738 bits per heavy atom. The summed E-state index contributed by atoms with van der Waals surface area (Å²) in [5, 5.41) is 49.5. The fourth-order valence-corrected chi connectivity index (χ4v) is 6.06. The summed E-state index contributed by atoms with van der Waals surface area (Å²) in [7, 11) is 0. The highest BCUT2D eigenvalue weighted by Gasteiger charge is 2.34. The topological polar surface area (TPSA) is 450 Å². The molecule has 2 heterocycles. The number of amides is 8. The molecule has 0 aliphatic carbocycles. The lowest BCUT2D eigenvalue weighted by Gasteiger charge is -2.25. The number of aliphatic carboxylic acids is 3. The van der Waals surface area contributed by atoms with Crippen LogP contribution in [0.3, 0.4) is 0 Å². The number of carbonyl (C=O) groups is 11. The second-order valence-corrected chi connectivity index (χ2v) is 15.2. The molecule has 0 bridgehead atoms. The molecule has 1 aliphatic rings. The largest absolute Gasteiger partial charge is 0.481 e. The third-order valence-electron chi connectivity index (χ3n) is 9.46. The Labute approximate surface area is 371 Å². The number of imidazole rings is 1. The molecule has 1 aromatic heterocycles. The predicted octanol–water partition coefficient (Wildman–Crippen LogP) is -6.39. The van der Waals surface area contributed by atoms with E-state index in [9.17, 15) is 68.1 Å². The second-order valence-electron chi connectivity index (χ2n) is 15.2. The Kier molecular flexibility index (Phi) is 22.3. The number of aromatic amines is 1. The third kappa shape index (κ3) is 20.1. The molecule has 17 N–H and O–H groups in total. The van der Waals surface area contributed by atoms with Gasteiger partial charge in [0.1, 0.15) is 36.3 Å². The molecule has 28 heteroatoms. The summed E-state index contributed by atoms with van der Waals surface area (Å²) in [5.41, 5.74) is 11.2. The molecule has 65 heavy (non-hydrogen) atoms. The van der Waals surface area contributed by atoms with Crippen molar-refractivity contribution in [2.24, 2.45) is 22.4 Å². The van der Waals surface area contributed by atoms with Gasteiger partial charge >= 0.3 is 17.9 Å². The van der Waals surface area contributed by atoms with E-state index in [1.54, 1.807) is 13.8 Å². The number of hydrogen-bond donors (Lipinski definition) is 15. The van der Waals surface area contributed by atoms with Crippen molar-refractivity contribution in [1.29, 1.82) is 0 Å². The Morgan fingerprint density at radius 3 is 1.85 bits per heavy atom. The van der Waals surface area contributed by atoms with Gasteiger partial charge in [0.05, 0.1) is 38.3 Å². The number of aliphatic imine (C=N–C) groups is 1. The Hall–Kier alpha value is -7.39. The van der Waals surface area contributed by atoms with E-state index in [1.807, 2.05) is 0 Å². The lowest BCUT2D eigenvalue weighted by Crippen LogP contribution is -2.59. The number of H-pyrrole nitrogens is 1. The second kappa shape index (κ2) is 26.9. The van der Waals surface area contributed by atoms with E-state index < -0.39 is 139 Å². The Balaban J connectivity index is 2.14. The van der Waals surface area contributed by atoms with Gasteiger partial charge in [-0.15, -0.1) is 0 Å². The molecule has 0 saturated carbocycles. The number of rotatable bonds is 28. The lowest BCUT2D eigenvalue weighted by molar-refractivity contribution is -0.143. The van der Waals surface area contributed by atoms with Gasteiger partial charge in [-0.1, -0.05) is 13.8 Å². The average Bonchev–Trinajstić information content (AvgIpc) is 3.96. The summed E-state index contributed by atoms with van der Waals surface area (Å²) in [6.07, 6.45) is 1.72. The average molecular weight is 923 g/mol. The van der Waals surface area contributed by atoms with Gasteiger partial charge in [0.2, 0.25) is 47.3 Å². The van der Waals surface area contributed by atoms with Crippen LogP contribution in [0.1, 0.15) is 65.0 Å². The number of carbonyl (C=O) groups excluding carboxylic acids is 8. The monoisotopic (exact) mass is 922 g/mol. The van der Waals surface area contributed by atoms with Crippen LogP contribution in [-0.2, 0) is 59.2 Å². The number of nitrogens with one attached hydrogen (secondary N) is 10. The molecule has 1 saturated heterocycles. The fraction of sp³-hybridized carbons (Fsp3) is 0.595. The molecule has 1 aromatic rings. The van der Waals surface area contributed by atoms with Crippen molar-refractivity contribution in [2.75, 3.05) is 26.2 Å². The maximum atomic E-state index is 13.6. The van der Waals surface area contributed by atoms with Crippen molar-refractivity contribution in [2.45, 2.75) is 108 Å². The number of nitrogens with zero attached hydrogens (tertiary/aromatic N) is 2. The molecule has 1 aliphatic heterocycles. The number of aromatic nitrogens is 2. The number of guanidine groups is 1. The highest BCUT2D eigenvalue weighted by Crippen LogP contribution is 2.08. The van der Waals surface area contributed by atoms with Gasteiger partial charge in [-0.25, -0.2) is 9.78 Å². The summed E-state index contributed by atoms with van der Waals surface area (Å²) in [4.78, 5) is 150. The normalized spacial score (nSPS) is 15.8. The maximum Gasteiger partial charge on any atom is 0.326 e. The van der Waals surface area contributed by atoms with Crippen LogP contribution in [0.25, 0.3) is 0 Å². The first kappa shape index (κ1) is 53.7. The minimum atomic E-state index is -1.80. The molecule has 0 radical (unpaired) electrons. The van der Waals surface area contributed by atoms with Crippen molar-refractivity contribution in [3.63, 3.8) is 0 Å². The van der Waals surface area contributed by atoms with Crippen molar-refractivity contribution in [3.8, 4) is 0 Å². The van der Waals surface area contributed by atoms with E-state index in [-0.39, 0.29) is 31.8 Å². The minimum absolute atomic E-state index is 0.0401. The molecule has 1 fully saturated rings. The van der Waals surface area contributed by atoms with Gasteiger partial charge in [-0.05, 0) is 45.1 Å². The molecule has 0 aromatic carbocycles. The molecule has 0 unspecified atom stereocenters. The van der Waals surface area contributed by atoms with E-state index in [0.717, 1.165) is 6.42 Å². The van der Waals surface area contributed by atoms with Crippen molar-refractivity contribution >= 4 is 71.1 Å². The van der Waals surface area contributed by atoms with Gasteiger partial charge in [-0.3, -0.25) is 52.9 Å². The highest BCUT2D eigenvalue weighted by atomic mass is 16.4. The van der Waals surface area contributed by atoms with Crippen LogP contribution < -0.4 is 59.3 Å². The zero-order valence-electron chi connectivity index (χ0n) is 35.9. The summed E-state index contributed by atoms with van der Waals surface area (Å²) in [6.45, 7) is 3.26. The van der Waals surface area contributed by atoms with Crippen LogP contribution in [0.2, 0.25) is 0 Å². The Morgan fingerprint density at radius 2 is 1.31 bits per heavy atom. The standard InChI is InChI=1S/C37H58N14O14/c1-17(2)29(36(64)65)51-26(53)15-43-30(58)18(3)46-33(61)23(11-27(54)55)47-25(52)14-44-31(59)21(7-5-9-42-37(38)39)48-35(63)24(12-28(56)57)50-34(62)22(10-19-13-40-16-45-19)49-32(60)20-6-4-8-41-20/h13,16-18,20-24,29,41H,4-12,14-15H2,1-3H3,(H,40,45)(H,43,58)(H,44,59)(H,46,61)(H,47,52)(H,48,63)(H,49,60)(H,50,62)(H,51,53)(H,54,55)(H,56,57)(H,64,65)(H4,38,39,42)/t18-,20-,21-,22-,23-,24-,29-/m0/s1. The summed E-state index contributed by atoms with van der Waals surface area (Å²) < 4.78 is 0. The van der Waals surface area contributed by atoms with Crippen LogP contribution in [0.4, 0.5) is 0 Å². The van der Waals surface area contributed by atoms with Gasteiger partial charge in [0.25, 0.3) is 0 Å². The minimum Gasteiger partial charge on any atom is -0.481 e. The molecule has 28 nitrogen and oxygen atoms in total. The van der Waals surface area contributed by atoms with Gasteiger partial charge in [-0.2, -0.15) is 0 Å². The van der Waals surface area contributed by atoms with Crippen LogP contribution in [-0.4, -0.2) is 165 Å². The maximum absolute atomic E-state index is 13.6. The van der Waals surface area contributed by atoms with Crippen LogP contribution >= 0.6 is 0 Å².